The van der Waals surface area contributed by atoms with Crippen LogP contribution in [0.2, 0.25) is 0 Å². The van der Waals surface area contributed by atoms with Gasteiger partial charge >= 0.3 is 5.97 Å². The lowest BCUT2D eigenvalue weighted by atomic mass is 10.0. The van der Waals surface area contributed by atoms with Gasteiger partial charge in [-0.3, -0.25) is 9.59 Å². The van der Waals surface area contributed by atoms with E-state index in [9.17, 15) is 9.59 Å². The lowest BCUT2D eigenvalue weighted by molar-refractivity contribution is -0.142. The van der Waals surface area contributed by atoms with Crippen LogP contribution in [0.3, 0.4) is 0 Å². The van der Waals surface area contributed by atoms with Crippen molar-refractivity contribution >= 4 is 17.6 Å². The first-order chi connectivity index (χ1) is 12.0. The Morgan fingerprint density at radius 2 is 2.08 bits per heavy atom. The number of fused-ring (bicyclic) bond motifs is 1. The third kappa shape index (κ3) is 3.29. The highest BCUT2D eigenvalue weighted by molar-refractivity contribution is 5.99. The first-order valence-electron chi connectivity index (χ1n) is 8.51. The minimum absolute atomic E-state index is 0.00209. The number of hydrogen-bond donors (Lipinski definition) is 0. The van der Waals surface area contributed by atoms with Crippen molar-refractivity contribution in [1.29, 1.82) is 0 Å². The highest BCUT2D eigenvalue weighted by Crippen LogP contribution is 2.37. The molecule has 1 aromatic carbocycles. The molecule has 6 heteroatoms. The van der Waals surface area contributed by atoms with Gasteiger partial charge in [0.2, 0.25) is 5.91 Å². The second kappa shape index (κ2) is 7.09. The summed E-state index contributed by atoms with van der Waals surface area (Å²) in [5.41, 5.74) is 1.66. The third-order valence-corrected chi connectivity index (χ3v) is 4.59. The fourth-order valence-corrected chi connectivity index (χ4v) is 3.35. The van der Waals surface area contributed by atoms with E-state index in [-0.39, 0.29) is 11.9 Å². The van der Waals surface area contributed by atoms with Crippen LogP contribution in [-0.4, -0.2) is 35.1 Å². The number of carbonyl (C=O) groups is 2. The molecule has 2 aromatic rings. The fraction of sp³-hybridized carbons (Fsp3) is 0.421. The minimum Gasteiger partial charge on any atom is -0.468 e. The standard InChI is InChI=1S/C19H23N3O3/c1-13(2)18-20-9-11-21(18)10-8-17(23)22-12-15(19(24)25-3)14-6-4-5-7-16(14)22/h4-7,9,11,13,15H,8,10,12H2,1-3H3. The van der Waals surface area contributed by atoms with Gasteiger partial charge in [0.25, 0.3) is 0 Å². The normalized spacial score (nSPS) is 16.2. The molecular formula is C19H23N3O3. The van der Waals surface area contributed by atoms with Crippen LogP contribution in [0.5, 0.6) is 0 Å². The van der Waals surface area contributed by atoms with Gasteiger partial charge in [-0.05, 0) is 11.6 Å². The van der Waals surface area contributed by atoms with Crippen LogP contribution in [-0.2, 0) is 20.9 Å². The predicted octanol–water partition coefficient (Wildman–Crippen LogP) is 2.70. The van der Waals surface area contributed by atoms with Crippen molar-refractivity contribution in [3.05, 3.63) is 48.0 Å². The predicted molar refractivity (Wildman–Crippen MR) is 94.5 cm³/mol. The molecule has 0 bridgehead atoms. The van der Waals surface area contributed by atoms with E-state index in [1.54, 1.807) is 11.1 Å². The van der Waals surface area contributed by atoms with Crippen LogP contribution >= 0.6 is 0 Å². The van der Waals surface area contributed by atoms with Crippen LogP contribution in [0, 0.1) is 0 Å². The highest BCUT2D eigenvalue weighted by Gasteiger charge is 2.36. The molecule has 2 heterocycles. The van der Waals surface area contributed by atoms with E-state index in [1.165, 1.54) is 7.11 Å². The minimum atomic E-state index is -0.412. The number of para-hydroxylation sites is 1. The summed E-state index contributed by atoms with van der Waals surface area (Å²) >= 11 is 0. The highest BCUT2D eigenvalue weighted by atomic mass is 16.5. The summed E-state index contributed by atoms with van der Waals surface area (Å²) in [5.74, 6) is 0.565. The van der Waals surface area contributed by atoms with Gasteiger partial charge in [-0.1, -0.05) is 32.0 Å². The summed E-state index contributed by atoms with van der Waals surface area (Å²) in [6, 6.07) is 7.53. The molecule has 25 heavy (non-hydrogen) atoms. The maximum atomic E-state index is 12.8. The Hall–Kier alpha value is -2.63. The van der Waals surface area contributed by atoms with Gasteiger partial charge in [0.05, 0.1) is 7.11 Å². The number of carbonyl (C=O) groups excluding carboxylic acids is 2. The first-order valence-corrected chi connectivity index (χ1v) is 8.51. The maximum Gasteiger partial charge on any atom is 0.315 e. The number of nitrogens with zero attached hydrogens (tertiary/aromatic N) is 3. The number of benzene rings is 1. The molecule has 0 N–H and O–H groups in total. The van der Waals surface area contributed by atoms with Gasteiger partial charge in [-0.25, -0.2) is 4.98 Å². The fourth-order valence-electron chi connectivity index (χ4n) is 3.35. The molecule has 1 aliphatic rings. The van der Waals surface area contributed by atoms with Crippen LogP contribution in [0.15, 0.2) is 36.7 Å². The van der Waals surface area contributed by atoms with Gasteiger partial charge in [0, 0.05) is 43.5 Å². The van der Waals surface area contributed by atoms with Gasteiger partial charge in [-0.15, -0.1) is 0 Å². The number of rotatable bonds is 5. The number of amides is 1. The van der Waals surface area contributed by atoms with Crippen LogP contribution in [0.25, 0.3) is 0 Å². The molecule has 0 aliphatic carbocycles. The molecule has 0 fully saturated rings. The molecule has 1 aromatic heterocycles. The Morgan fingerprint density at radius 1 is 1.32 bits per heavy atom. The SMILES string of the molecule is COC(=O)C1CN(C(=O)CCn2ccnc2C(C)C)c2ccccc21. The lowest BCUT2D eigenvalue weighted by Crippen LogP contribution is -2.32. The second-order valence-electron chi connectivity index (χ2n) is 6.52. The van der Waals surface area contributed by atoms with Gasteiger partial charge < -0.3 is 14.2 Å². The monoisotopic (exact) mass is 341 g/mol. The molecule has 6 nitrogen and oxygen atoms in total. The molecule has 0 radical (unpaired) electrons. The average Bonchev–Trinajstić information content (AvgIpc) is 3.23. The second-order valence-corrected chi connectivity index (χ2v) is 6.52. The number of methoxy groups -OCH3 is 1. The zero-order valence-electron chi connectivity index (χ0n) is 14.8. The van der Waals surface area contributed by atoms with Crippen LogP contribution in [0.4, 0.5) is 5.69 Å². The van der Waals surface area contributed by atoms with Gasteiger partial charge in [0.1, 0.15) is 11.7 Å². The molecule has 132 valence electrons. The van der Waals surface area contributed by atoms with Gasteiger partial charge in [-0.2, -0.15) is 0 Å². The number of ether oxygens (including phenoxy) is 1. The first kappa shape index (κ1) is 17.2. The van der Waals surface area contributed by atoms with Crippen LogP contribution in [0.1, 0.15) is 43.5 Å². The molecule has 3 rings (SSSR count). The summed E-state index contributed by atoms with van der Waals surface area (Å²) < 4.78 is 6.91. The van der Waals surface area contributed by atoms with Crippen LogP contribution < -0.4 is 4.90 Å². The van der Waals surface area contributed by atoms with E-state index in [0.717, 1.165) is 17.1 Å². The van der Waals surface area contributed by atoms with E-state index in [1.807, 2.05) is 35.0 Å². The molecular weight excluding hydrogens is 318 g/mol. The summed E-state index contributed by atoms with van der Waals surface area (Å²) in [6.07, 6.45) is 4.02. The summed E-state index contributed by atoms with van der Waals surface area (Å²) in [4.78, 5) is 30.9. The van der Waals surface area contributed by atoms with E-state index < -0.39 is 5.92 Å². The van der Waals surface area contributed by atoms with Crippen molar-refractivity contribution in [3.63, 3.8) is 0 Å². The molecule has 0 saturated heterocycles. The third-order valence-electron chi connectivity index (χ3n) is 4.59. The summed E-state index contributed by atoms with van der Waals surface area (Å²) in [7, 11) is 1.38. The number of imidazole rings is 1. The molecule has 0 saturated carbocycles. The quantitative estimate of drug-likeness (QED) is 0.785. The summed E-state index contributed by atoms with van der Waals surface area (Å²) in [6.45, 7) is 5.08. The van der Waals surface area contributed by atoms with E-state index >= 15 is 0 Å². The lowest BCUT2D eigenvalue weighted by Gasteiger charge is -2.18. The Labute approximate surface area is 147 Å². The smallest absolute Gasteiger partial charge is 0.315 e. The Bertz CT molecular complexity index is 782. The zero-order valence-corrected chi connectivity index (χ0v) is 14.8. The molecule has 1 atom stereocenters. The van der Waals surface area contributed by atoms with Gasteiger partial charge in [0.15, 0.2) is 0 Å². The Balaban J connectivity index is 1.74. The number of anilines is 1. The van der Waals surface area contributed by atoms with Crippen molar-refractivity contribution in [2.45, 2.75) is 38.6 Å². The topological polar surface area (TPSA) is 64.4 Å². The number of aromatic nitrogens is 2. The Kier molecular flexibility index (Phi) is 4.88. The maximum absolute atomic E-state index is 12.8. The van der Waals surface area contributed by atoms with E-state index in [0.29, 0.717) is 25.4 Å². The van der Waals surface area contributed by atoms with E-state index in [2.05, 4.69) is 18.8 Å². The van der Waals surface area contributed by atoms with Crippen molar-refractivity contribution in [2.75, 3.05) is 18.6 Å². The van der Waals surface area contributed by atoms with Crippen molar-refractivity contribution < 1.29 is 14.3 Å². The van der Waals surface area contributed by atoms with Crippen molar-refractivity contribution in [1.82, 2.24) is 9.55 Å². The zero-order chi connectivity index (χ0) is 18.0. The molecule has 1 unspecified atom stereocenters. The number of esters is 1. The van der Waals surface area contributed by atoms with Crippen molar-refractivity contribution in [3.8, 4) is 0 Å². The van der Waals surface area contributed by atoms with Crippen molar-refractivity contribution in [2.24, 2.45) is 0 Å². The molecule has 0 spiro atoms. The number of aryl methyl sites for hydroxylation is 1. The van der Waals surface area contributed by atoms with E-state index in [4.69, 9.17) is 4.74 Å². The molecule has 1 aliphatic heterocycles. The Morgan fingerprint density at radius 3 is 2.80 bits per heavy atom. The summed E-state index contributed by atoms with van der Waals surface area (Å²) in [5, 5.41) is 0. The number of hydrogen-bond acceptors (Lipinski definition) is 4. The largest absolute Gasteiger partial charge is 0.468 e. The average molecular weight is 341 g/mol. The molecule has 1 amide bonds.